The second-order valence-electron chi connectivity index (χ2n) is 7.17. The largest absolute Gasteiger partial charge is 0.374 e. The van der Waals surface area contributed by atoms with E-state index in [0.717, 1.165) is 6.42 Å². The molecule has 1 N–H and O–H groups in total. The summed E-state index contributed by atoms with van der Waals surface area (Å²) in [6.07, 6.45) is 9.37. The fraction of sp³-hybridized carbons (Fsp3) is 0.318. The van der Waals surface area contributed by atoms with Gasteiger partial charge < -0.3 is 5.32 Å². The molecule has 2 aromatic carbocycles. The lowest BCUT2D eigenvalue weighted by atomic mass is 9.74. The van der Waals surface area contributed by atoms with Crippen molar-refractivity contribution >= 4 is 11.9 Å². The topological polar surface area (TPSA) is 24.4 Å². The standard InChI is InChI=1S/C22H22N2/c1-2-6-16(7-3-1)22-19-9-5-4-8-18(19)20-13-15(12-17-14-23-17)10-11-21(20)24-22/h1-3,6-7,9-11,13-14,17-18,22,24H,4-5,8,12H2/t17?,18-,22-/m0/s1. The Balaban J connectivity index is 1.55. The highest BCUT2D eigenvalue weighted by atomic mass is 14.9. The molecule has 24 heavy (non-hydrogen) atoms. The van der Waals surface area contributed by atoms with Crippen LogP contribution in [-0.4, -0.2) is 12.3 Å². The third-order valence-electron chi connectivity index (χ3n) is 5.54. The number of nitrogens with zero attached hydrogens (tertiary/aromatic N) is 1. The summed E-state index contributed by atoms with van der Waals surface area (Å²) in [5.74, 6) is 0.570. The number of anilines is 1. The molecule has 2 nitrogen and oxygen atoms in total. The Hall–Kier alpha value is -2.35. The molecule has 3 aliphatic rings. The van der Waals surface area contributed by atoms with Gasteiger partial charge in [0.2, 0.25) is 0 Å². The molecule has 1 unspecified atom stereocenters. The summed E-state index contributed by atoms with van der Waals surface area (Å²) in [5.41, 5.74) is 7.16. The molecule has 2 heteroatoms. The van der Waals surface area contributed by atoms with E-state index in [2.05, 4.69) is 71.1 Å². The van der Waals surface area contributed by atoms with E-state index in [1.54, 1.807) is 5.57 Å². The maximum Gasteiger partial charge on any atom is 0.0883 e. The van der Waals surface area contributed by atoms with Gasteiger partial charge in [-0.2, -0.15) is 0 Å². The molecule has 3 atom stereocenters. The highest BCUT2D eigenvalue weighted by molar-refractivity contribution is 5.78. The maximum absolute atomic E-state index is 4.29. The van der Waals surface area contributed by atoms with Crippen molar-refractivity contribution in [2.45, 2.75) is 43.7 Å². The van der Waals surface area contributed by atoms with Crippen LogP contribution in [0.1, 0.15) is 47.9 Å². The first-order valence-corrected chi connectivity index (χ1v) is 9.06. The first-order chi connectivity index (χ1) is 11.9. The summed E-state index contributed by atoms with van der Waals surface area (Å²) in [7, 11) is 0. The number of allylic oxidation sites excluding steroid dienone is 1. The lowest BCUT2D eigenvalue weighted by Gasteiger charge is -2.39. The van der Waals surface area contributed by atoms with Crippen molar-refractivity contribution in [1.82, 2.24) is 0 Å². The molecule has 0 amide bonds. The van der Waals surface area contributed by atoms with Crippen molar-refractivity contribution in [2.24, 2.45) is 4.99 Å². The number of hydrogen-bond acceptors (Lipinski definition) is 2. The second-order valence-corrected chi connectivity index (χ2v) is 7.17. The Morgan fingerprint density at radius 2 is 1.96 bits per heavy atom. The minimum atomic E-state index is 0.321. The lowest BCUT2D eigenvalue weighted by Crippen LogP contribution is -2.26. The predicted molar refractivity (Wildman–Crippen MR) is 99.9 cm³/mol. The number of fused-ring (bicyclic) bond motifs is 3. The van der Waals surface area contributed by atoms with Gasteiger partial charge >= 0.3 is 0 Å². The average Bonchev–Trinajstić information content (AvgIpc) is 3.46. The van der Waals surface area contributed by atoms with Gasteiger partial charge in [0.25, 0.3) is 0 Å². The van der Waals surface area contributed by atoms with Gasteiger partial charge in [0, 0.05) is 17.8 Å². The molecule has 2 heterocycles. The van der Waals surface area contributed by atoms with Crippen molar-refractivity contribution in [3.05, 3.63) is 76.9 Å². The van der Waals surface area contributed by atoms with E-state index in [0.29, 0.717) is 18.0 Å². The third-order valence-corrected chi connectivity index (χ3v) is 5.54. The first kappa shape index (κ1) is 14.0. The van der Waals surface area contributed by atoms with Crippen molar-refractivity contribution in [2.75, 3.05) is 5.32 Å². The van der Waals surface area contributed by atoms with E-state index < -0.39 is 0 Å². The van der Waals surface area contributed by atoms with E-state index in [-0.39, 0.29) is 0 Å². The smallest absolute Gasteiger partial charge is 0.0883 e. The molecule has 2 aromatic rings. The number of nitrogens with one attached hydrogen (secondary N) is 1. The van der Waals surface area contributed by atoms with Crippen LogP contribution in [0.25, 0.3) is 0 Å². The molecule has 0 spiro atoms. The van der Waals surface area contributed by atoms with E-state index in [9.17, 15) is 0 Å². The third kappa shape index (κ3) is 2.47. The predicted octanol–water partition coefficient (Wildman–Crippen LogP) is 5.04. The molecule has 1 aliphatic carbocycles. The van der Waals surface area contributed by atoms with Gasteiger partial charge in [0.15, 0.2) is 0 Å². The molecule has 120 valence electrons. The molecule has 5 rings (SSSR count). The number of benzene rings is 2. The Morgan fingerprint density at radius 3 is 2.79 bits per heavy atom. The molecule has 0 fully saturated rings. The zero-order valence-electron chi connectivity index (χ0n) is 13.8. The number of rotatable bonds is 3. The summed E-state index contributed by atoms with van der Waals surface area (Å²) in [4.78, 5) is 4.29. The zero-order chi connectivity index (χ0) is 15.9. The first-order valence-electron chi connectivity index (χ1n) is 9.06. The minimum absolute atomic E-state index is 0.321. The summed E-state index contributed by atoms with van der Waals surface area (Å²) in [6.45, 7) is 0. The van der Waals surface area contributed by atoms with Gasteiger partial charge in [-0.15, -0.1) is 0 Å². The second kappa shape index (κ2) is 5.62. The van der Waals surface area contributed by atoms with Gasteiger partial charge in [-0.1, -0.05) is 48.5 Å². The Morgan fingerprint density at radius 1 is 1.08 bits per heavy atom. The molecule has 0 saturated heterocycles. The minimum Gasteiger partial charge on any atom is -0.374 e. The van der Waals surface area contributed by atoms with E-state index in [4.69, 9.17) is 0 Å². The SMILES string of the molecule is C1=NC1Cc1ccc2c(c1)[C@H]1CCCC=C1[C@H](c1ccccc1)N2. The van der Waals surface area contributed by atoms with Crippen LogP contribution in [0, 0.1) is 0 Å². The molecule has 0 bridgehead atoms. The van der Waals surface area contributed by atoms with Crippen molar-refractivity contribution in [3.63, 3.8) is 0 Å². The summed E-state index contributed by atoms with van der Waals surface area (Å²) < 4.78 is 0. The average molecular weight is 314 g/mol. The van der Waals surface area contributed by atoms with Gasteiger partial charge in [-0.05, 0) is 54.0 Å². The van der Waals surface area contributed by atoms with E-state index in [1.165, 1.54) is 41.6 Å². The molecular formula is C22H22N2. The number of aliphatic imine (C=N–C) groups is 1. The quantitative estimate of drug-likeness (QED) is 0.788. The Labute approximate surface area is 143 Å². The normalized spacial score (nSPS) is 26.8. The fourth-order valence-corrected chi connectivity index (χ4v) is 4.28. The van der Waals surface area contributed by atoms with Crippen molar-refractivity contribution < 1.29 is 0 Å². The van der Waals surface area contributed by atoms with E-state index >= 15 is 0 Å². The van der Waals surface area contributed by atoms with Gasteiger partial charge in [0.05, 0.1) is 12.1 Å². The van der Waals surface area contributed by atoms with Crippen LogP contribution in [0.5, 0.6) is 0 Å². The fourth-order valence-electron chi connectivity index (χ4n) is 4.28. The van der Waals surface area contributed by atoms with Crippen LogP contribution >= 0.6 is 0 Å². The summed E-state index contributed by atoms with van der Waals surface area (Å²) >= 11 is 0. The summed E-state index contributed by atoms with van der Waals surface area (Å²) in [5, 5.41) is 3.81. The highest BCUT2D eigenvalue weighted by Crippen LogP contribution is 2.48. The molecule has 0 aromatic heterocycles. The van der Waals surface area contributed by atoms with Crippen molar-refractivity contribution in [3.8, 4) is 0 Å². The Kier molecular flexibility index (Phi) is 3.29. The zero-order valence-corrected chi connectivity index (χ0v) is 13.8. The van der Waals surface area contributed by atoms with Crippen LogP contribution in [0.15, 0.2) is 65.2 Å². The maximum atomic E-state index is 4.29. The van der Waals surface area contributed by atoms with Crippen LogP contribution < -0.4 is 5.32 Å². The molecule has 0 radical (unpaired) electrons. The molecule has 0 saturated carbocycles. The Bertz CT molecular complexity index is 813. The van der Waals surface area contributed by atoms with Crippen LogP contribution in [0.3, 0.4) is 0 Å². The molecular weight excluding hydrogens is 292 g/mol. The highest BCUT2D eigenvalue weighted by Gasteiger charge is 2.33. The monoisotopic (exact) mass is 314 g/mol. The van der Waals surface area contributed by atoms with Gasteiger partial charge in [0.1, 0.15) is 0 Å². The van der Waals surface area contributed by atoms with Crippen LogP contribution in [0.2, 0.25) is 0 Å². The summed E-state index contributed by atoms with van der Waals surface area (Å²) in [6, 6.07) is 18.6. The van der Waals surface area contributed by atoms with Crippen LogP contribution in [-0.2, 0) is 6.42 Å². The van der Waals surface area contributed by atoms with E-state index in [1.807, 2.05) is 0 Å². The van der Waals surface area contributed by atoms with Crippen LogP contribution in [0.4, 0.5) is 5.69 Å². The molecule has 2 aliphatic heterocycles. The van der Waals surface area contributed by atoms with Crippen molar-refractivity contribution in [1.29, 1.82) is 0 Å². The van der Waals surface area contributed by atoms with Gasteiger partial charge in [-0.25, -0.2) is 0 Å². The van der Waals surface area contributed by atoms with Gasteiger partial charge in [-0.3, -0.25) is 4.99 Å². The number of hydrogen-bond donors (Lipinski definition) is 1. The lowest BCUT2D eigenvalue weighted by molar-refractivity contribution is 0.576.